The van der Waals surface area contributed by atoms with E-state index in [-0.39, 0.29) is 11.0 Å². The minimum atomic E-state index is -0.0730. The summed E-state index contributed by atoms with van der Waals surface area (Å²) in [5, 5.41) is 1.61. The zero-order chi connectivity index (χ0) is 12.6. The summed E-state index contributed by atoms with van der Waals surface area (Å²) >= 11 is 0. The third-order valence-corrected chi connectivity index (χ3v) is 2.86. The van der Waals surface area contributed by atoms with Crippen LogP contribution in [0.15, 0.2) is 29.1 Å². The van der Waals surface area contributed by atoms with Gasteiger partial charge in [0.15, 0.2) is 0 Å². The topological polar surface area (TPSA) is 42.1 Å². The molecular formula is C14H17NO2. The Hall–Kier alpha value is -1.77. The van der Waals surface area contributed by atoms with E-state index in [0.29, 0.717) is 5.39 Å². The second-order valence-electron chi connectivity index (χ2n) is 5.22. The number of rotatable bonds is 1. The maximum Gasteiger partial charge on any atom is 0.256 e. The van der Waals surface area contributed by atoms with Crippen LogP contribution in [0.3, 0.4) is 0 Å². The summed E-state index contributed by atoms with van der Waals surface area (Å²) in [6, 6.07) is 7.49. The van der Waals surface area contributed by atoms with Gasteiger partial charge >= 0.3 is 0 Å². The van der Waals surface area contributed by atoms with E-state index in [1.54, 1.807) is 19.2 Å². The molecule has 3 nitrogen and oxygen atoms in total. The van der Waals surface area contributed by atoms with E-state index in [1.807, 2.05) is 12.1 Å². The van der Waals surface area contributed by atoms with Crippen LogP contribution in [0.25, 0.3) is 10.8 Å². The summed E-state index contributed by atoms with van der Waals surface area (Å²) in [7, 11) is 1.62. The molecule has 90 valence electrons. The van der Waals surface area contributed by atoms with Crippen molar-refractivity contribution in [2.24, 2.45) is 0 Å². The maximum absolute atomic E-state index is 11.9. The predicted octanol–water partition coefficient (Wildman–Crippen LogP) is 2.83. The number of aromatic amines is 1. The largest absolute Gasteiger partial charge is 0.497 e. The normalized spacial score (nSPS) is 11.8. The van der Waals surface area contributed by atoms with Crippen LogP contribution in [0.5, 0.6) is 5.75 Å². The van der Waals surface area contributed by atoms with Gasteiger partial charge in [-0.2, -0.15) is 0 Å². The highest BCUT2D eigenvalue weighted by Gasteiger charge is 2.16. The molecule has 0 fully saturated rings. The fourth-order valence-electron chi connectivity index (χ4n) is 1.78. The van der Waals surface area contributed by atoms with Crippen molar-refractivity contribution in [2.75, 3.05) is 7.11 Å². The van der Waals surface area contributed by atoms with Crippen LogP contribution in [0.1, 0.15) is 26.5 Å². The van der Waals surface area contributed by atoms with Gasteiger partial charge in [0.1, 0.15) is 5.75 Å². The minimum Gasteiger partial charge on any atom is -0.497 e. The van der Waals surface area contributed by atoms with Crippen LogP contribution >= 0.6 is 0 Å². The lowest BCUT2D eigenvalue weighted by Gasteiger charge is -2.18. The van der Waals surface area contributed by atoms with Gasteiger partial charge in [-0.15, -0.1) is 0 Å². The van der Waals surface area contributed by atoms with Gasteiger partial charge in [0, 0.05) is 16.5 Å². The molecule has 0 bridgehead atoms. The molecule has 0 unspecified atom stereocenters. The molecule has 0 saturated carbocycles. The summed E-state index contributed by atoms with van der Waals surface area (Å²) in [6.45, 7) is 6.22. The minimum absolute atomic E-state index is 0.0462. The van der Waals surface area contributed by atoms with Gasteiger partial charge in [0.25, 0.3) is 5.56 Å². The molecular weight excluding hydrogens is 214 g/mol. The second-order valence-corrected chi connectivity index (χ2v) is 5.22. The molecule has 0 amide bonds. The Morgan fingerprint density at radius 2 is 1.88 bits per heavy atom. The van der Waals surface area contributed by atoms with E-state index in [0.717, 1.165) is 16.8 Å². The summed E-state index contributed by atoms with van der Waals surface area (Å²) in [5.41, 5.74) is 0.814. The van der Waals surface area contributed by atoms with Crippen molar-refractivity contribution in [3.05, 3.63) is 40.3 Å². The Kier molecular flexibility index (Phi) is 2.69. The van der Waals surface area contributed by atoms with Gasteiger partial charge in [-0.25, -0.2) is 0 Å². The first-order valence-electron chi connectivity index (χ1n) is 5.63. The number of nitrogens with one attached hydrogen (secondary N) is 1. The number of benzene rings is 1. The Labute approximate surface area is 100 Å². The third kappa shape index (κ3) is 2.18. The number of fused-ring (bicyclic) bond motifs is 1. The molecule has 0 aliphatic rings. The third-order valence-electron chi connectivity index (χ3n) is 2.86. The number of aromatic nitrogens is 1. The second kappa shape index (κ2) is 3.91. The number of hydrogen-bond acceptors (Lipinski definition) is 2. The van der Waals surface area contributed by atoms with Gasteiger partial charge in [-0.3, -0.25) is 4.79 Å². The van der Waals surface area contributed by atoms with Crippen molar-refractivity contribution in [3.63, 3.8) is 0 Å². The van der Waals surface area contributed by atoms with E-state index >= 15 is 0 Å². The summed E-state index contributed by atoms with van der Waals surface area (Å²) in [6.07, 6.45) is 0. The van der Waals surface area contributed by atoms with Crippen molar-refractivity contribution in [3.8, 4) is 5.75 Å². The van der Waals surface area contributed by atoms with Gasteiger partial charge in [-0.1, -0.05) is 20.8 Å². The van der Waals surface area contributed by atoms with Crippen molar-refractivity contribution in [1.29, 1.82) is 0 Å². The van der Waals surface area contributed by atoms with Crippen molar-refractivity contribution in [2.45, 2.75) is 26.2 Å². The number of ether oxygens (including phenoxy) is 1. The zero-order valence-electron chi connectivity index (χ0n) is 10.6. The molecule has 3 heteroatoms. The molecule has 1 heterocycles. The molecule has 1 aromatic heterocycles. The molecule has 0 spiro atoms. The van der Waals surface area contributed by atoms with E-state index in [4.69, 9.17) is 4.74 Å². The van der Waals surface area contributed by atoms with E-state index in [1.165, 1.54) is 0 Å². The molecule has 17 heavy (non-hydrogen) atoms. The highest BCUT2D eigenvalue weighted by Crippen LogP contribution is 2.24. The van der Waals surface area contributed by atoms with Crippen LogP contribution in [-0.4, -0.2) is 12.1 Å². The molecule has 1 aromatic carbocycles. The standard InChI is InChI=1S/C14H17NO2/c1-14(2,3)12-8-9-7-10(17-4)5-6-11(9)13(16)15-12/h5-8H,1-4H3,(H,15,16). The van der Waals surface area contributed by atoms with Crippen molar-refractivity contribution in [1.82, 2.24) is 4.98 Å². The Bertz CT molecular complexity index is 606. The highest BCUT2D eigenvalue weighted by molar-refractivity contribution is 5.83. The SMILES string of the molecule is COc1ccc2c(=O)[nH]c(C(C)(C)C)cc2c1. The summed E-state index contributed by atoms with van der Waals surface area (Å²) in [5.74, 6) is 0.767. The lowest BCUT2D eigenvalue weighted by molar-refractivity contribution is 0.415. The molecule has 0 saturated heterocycles. The molecule has 1 N–H and O–H groups in total. The van der Waals surface area contributed by atoms with Crippen molar-refractivity contribution < 1.29 is 4.74 Å². The lowest BCUT2D eigenvalue weighted by Crippen LogP contribution is -2.19. The predicted molar refractivity (Wildman–Crippen MR) is 69.8 cm³/mol. The zero-order valence-corrected chi connectivity index (χ0v) is 10.6. The summed E-state index contributed by atoms with van der Waals surface area (Å²) in [4.78, 5) is 14.9. The van der Waals surface area contributed by atoms with E-state index < -0.39 is 0 Å². The molecule has 0 aliphatic heterocycles. The van der Waals surface area contributed by atoms with Gasteiger partial charge in [-0.05, 0) is 29.7 Å². The van der Waals surface area contributed by atoms with Crippen LogP contribution in [0.4, 0.5) is 0 Å². The molecule has 2 rings (SSSR count). The first kappa shape index (κ1) is 11.7. The van der Waals surface area contributed by atoms with Gasteiger partial charge in [0.05, 0.1) is 7.11 Å². The Balaban J connectivity index is 2.75. The quantitative estimate of drug-likeness (QED) is 0.820. The first-order valence-corrected chi connectivity index (χ1v) is 5.63. The fraction of sp³-hybridized carbons (Fsp3) is 0.357. The van der Waals surface area contributed by atoms with Gasteiger partial charge < -0.3 is 9.72 Å². The number of methoxy groups -OCH3 is 1. The van der Waals surface area contributed by atoms with Crippen molar-refractivity contribution >= 4 is 10.8 Å². The fourth-order valence-corrected chi connectivity index (χ4v) is 1.78. The number of H-pyrrole nitrogens is 1. The van der Waals surface area contributed by atoms with Gasteiger partial charge in [0.2, 0.25) is 0 Å². The molecule has 0 atom stereocenters. The van der Waals surface area contributed by atoms with E-state index in [9.17, 15) is 4.79 Å². The molecule has 0 radical (unpaired) electrons. The van der Waals surface area contributed by atoms with E-state index in [2.05, 4.69) is 25.8 Å². The summed E-state index contributed by atoms with van der Waals surface area (Å²) < 4.78 is 5.18. The highest BCUT2D eigenvalue weighted by atomic mass is 16.5. The molecule has 2 aromatic rings. The average molecular weight is 231 g/mol. The Morgan fingerprint density at radius 1 is 1.18 bits per heavy atom. The smallest absolute Gasteiger partial charge is 0.256 e. The first-order chi connectivity index (χ1) is 7.91. The average Bonchev–Trinajstić information content (AvgIpc) is 2.27. The monoisotopic (exact) mass is 231 g/mol. The number of hydrogen-bond donors (Lipinski definition) is 1. The molecule has 0 aliphatic carbocycles. The van der Waals surface area contributed by atoms with Crippen LogP contribution in [-0.2, 0) is 5.41 Å². The Morgan fingerprint density at radius 3 is 2.47 bits per heavy atom. The van der Waals surface area contributed by atoms with Crippen LogP contribution < -0.4 is 10.3 Å². The van der Waals surface area contributed by atoms with Crippen LogP contribution in [0.2, 0.25) is 0 Å². The van der Waals surface area contributed by atoms with Crippen LogP contribution in [0, 0.1) is 0 Å². The maximum atomic E-state index is 11.9. The lowest BCUT2D eigenvalue weighted by atomic mass is 9.90. The number of pyridine rings is 1.